The number of aryl methyl sites for hydroxylation is 2. The molecule has 0 aromatic heterocycles. The van der Waals surface area contributed by atoms with Gasteiger partial charge in [-0.1, -0.05) is 29.3 Å². The maximum absolute atomic E-state index is 12.7. The van der Waals surface area contributed by atoms with Crippen LogP contribution in [-0.4, -0.2) is 43.2 Å². The SMILES string of the molecule is Cc1cc(C)cc(C2(C(=O)NC[C@@H]3CCN(CC(F)(F)F)C3)CC2)c1. The van der Waals surface area contributed by atoms with Gasteiger partial charge in [-0.2, -0.15) is 13.2 Å². The van der Waals surface area contributed by atoms with E-state index in [0.29, 0.717) is 26.1 Å². The third-order valence-corrected chi connectivity index (χ3v) is 5.28. The smallest absolute Gasteiger partial charge is 0.355 e. The van der Waals surface area contributed by atoms with E-state index < -0.39 is 18.1 Å². The molecule has 1 aliphatic heterocycles. The number of carbonyl (C=O) groups is 1. The van der Waals surface area contributed by atoms with E-state index in [2.05, 4.69) is 23.5 Å². The van der Waals surface area contributed by atoms with E-state index in [-0.39, 0.29) is 11.8 Å². The topological polar surface area (TPSA) is 32.3 Å². The van der Waals surface area contributed by atoms with Gasteiger partial charge in [0, 0.05) is 13.1 Å². The minimum absolute atomic E-state index is 0.0202. The Morgan fingerprint density at radius 1 is 1.24 bits per heavy atom. The molecule has 1 saturated heterocycles. The molecule has 1 aromatic carbocycles. The fourth-order valence-corrected chi connectivity index (χ4v) is 3.91. The van der Waals surface area contributed by atoms with Gasteiger partial charge in [0.1, 0.15) is 0 Å². The highest BCUT2D eigenvalue weighted by molar-refractivity contribution is 5.91. The fraction of sp³-hybridized carbons (Fsp3) is 0.632. The molecule has 25 heavy (non-hydrogen) atoms. The van der Waals surface area contributed by atoms with E-state index >= 15 is 0 Å². The van der Waals surface area contributed by atoms with Crippen LogP contribution in [0.3, 0.4) is 0 Å². The lowest BCUT2D eigenvalue weighted by Crippen LogP contribution is -2.39. The van der Waals surface area contributed by atoms with Gasteiger partial charge in [-0.25, -0.2) is 0 Å². The molecule has 0 radical (unpaired) electrons. The molecule has 6 heteroatoms. The lowest BCUT2D eigenvalue weighted by molar-refractivity contribution is -0.143. The van der Waals surface area contributed by atoms with Crippen LogP contribution in [0.1, 0.15) is 36.0 Å². The Bertz CT molecular complexity index is 632. The minimum atomic E-state index is -4.15. The van der Waals surface area contributed by atoms with Gasteiger partial charge in [0.05, 0.1) is 12.0 Å². The average molecular weight is 354 g/mol. The second-order valence-electron chi connectivity index (χ2n) is 7.67. The van der Waals surface area contributed by atoms with E-state index in [0.717, 1.165) is 29.5 Å². The Morgan fingerprint density at radius 3 is 2.44 bits per heavy atom. The van der Waals surface area contributed by atoms with Crippen LogP contribution in [0, 0.1) is 19.8 Å². The number of amides is 1. The van der Waals surface area contributed by atoms with Crippen molar-refractivity contribution in [3.05, 3.63) is 34.9 Å². The monoisotopic (exact) mass is 354 g/mol. The van der Waals surface area contributed by atoms with E-state index in [4.69, 9.17) is 0 Å². The highest BCUT2D eigenvalue weighted by Gasteiger charge is 2.51. The molecule has 2 aliphatic rings. The van der Waals surface area contributed by atoms with E-state index in [1.807, 2.05) is 13.8 Å². The number of likely N-dealkylation sites (tertiary alicyclic amines) is 1. The number of nitrogens with zero attached hydrogens (tertiary/aromatic N) is 1. The van der Waals surface area contributed by atoms with E-state index in [1.165, 1.54) is 4.90 Å². The van der Waals surface area contributed by atoms with E-state index in [9.17, 15) is 18.0 Å². The molecular weight excluding hydrogens is 329 g/mol. The number of carbonyl (C=O) groups excluding carboxylic acids is 1. The third kappa shape index (κ3) is 4.35. The summed E-state index contributed by atoms with van der Waals surface area (Å²) >= 11 is 0. The molecule has 0 spiro atoms. The van der Waals surface area contributed by atoms with Crippen LogP contribution in [0.5, 0.6) is 0 Å². The predicted molar refractivity (Wildman–Crippen MR) is 90.4 cm³/mol. The Balaban J connectivity index is 1.55. The summed E-state index contributed by atoms with van der Waals surface area (Å²) in [5, 5.41) is 3.00. The lowest BCUT2D eigenvalue weighted by Gasteiger charge is -2.20. The third-order valence-electron chi connectivity index (χ3n) is 5.28. The summed E-state index contributed by atoms with van der Waals surface area (Å²) in [5.41, 5.74) is 2.93. The molecule has 2 fully saturated rings. The van der Waals surface area contributed by atoms with Gasteiger partial charge in [-0.3, -0.25) is 9.69 Å². The second kappa shape index (κ2) is 6.63. The van der Waals surface area contributed by atoms with Crippen molar-refractivity contribution in [2.24, 2.45) is 5.92 Å². The van der Waals surface area contributed by atoms with Crippen LogP contribution in [0.25, 0.3) is 0 Å². The zero-order chi connectivity index (χ0) is 18.2. The normalized spacial score (nSPS) is 22.8. The molecule has 1 heterocycles. The summed E-state index contributed by atoms with van der Waals surface area (Å²) in [6.45, 7) is 4.50. The number of nitrogens with one attached hydrogen (secondary N) is 1. The number of rotatable bonds is 5. The Kier molecular flexibility index (Phi) is 4.84. The molecule has 138 valence electrons. The Labute approximate surface area is 146 Å². The molecular formula is C19H25F3N2O. The predicted octanol–water partition coefficient (Wildman–Crippen LogP) is 3.34. The van der Waals surface area contributed by atoms with Gasteiger partial charge in [0.25, 0.3) is 0 Å². The summed E-state index contributed by atoms with van der Waals surface area (Å²) in [5.74, 6) is 0.119. The van der Waals surface area contributed by atoms with Crippen LogP contribution >= 0.6 is 0 Å². The lowest BCUT2D eigenvalue weighted by atomic mass is 9.92. The van der Waals surface area contributed by atoms with Crippen molar-refractivity contribution in [1.82, 2.24) is 10.2 Å². The van der Waals surface area contributed by atoms with Gasteiger partial charge in [0.15, 0.2) is 0 Å². The number of hydrogen-bond acceptors (Lipinski definition) is 2. The van der Waals surface area contributed by atoms with Crippen molar-refractivity contribution in [1.29, 1.82) is 0 Å². The standard InChI is InChI=1S/C19H25F3N2O/c1-13-7-14(2)9-16(8-13)18(4-5-18)17(25)23-10-15-3-6-24(11-15)12-19(20,21)22/h7-9,15H,3-6,10-12H2,1-2H3,(H,23,25)/t15-/m0/s1. The average Bonchev–Trinajstić information content (AvgIpc) is 3.19. The zero-order valence-corrected chi connectivity index (χ0v) is 14.7. The first-order valence-electron chi connectivity index (χ1n) is 8.84. The quantitative estimate of drug-likeness (QED) is 0.880. The van der Waals surface area contributed by atoms with E-state index in [1.54, 1.807) is 0 Å². The van der Waals surface area contributed by atoms with Crippen molar-refractivity contribution in [3.8, 4) is 0 Å². The fourth-order valence-electron chi connectivity index (χ4n) is 3.91. The number of halogens is 3. The van der Waals surface area contributed by atoms with Crippen LogP contribution in [0.15, 0.2) is 18.2 Å². The summed E-state index contributed by atoms with van der Waals surface area (Å²) in [6.07, 6.45) is -1.77. The zero-order valence-electron chi connectivity index (χ0n) is 14.7. The second-order valence-corrected chi connectivity index (χ2v) is 7.67. The number of hydrogen-bond donors (Lipinski definition) is 1. The Hall–Kier alpha value is -1.56. The van der Waals surface area contributed by atoms with Gasteiger partial charge >= 0.3 is 6.18 Å². The molecule has 1 aromatic rings. The molecule has 1 atom stereocenters. The maximum Gasteiger partial charge on any atom is 0.401 e. The largest absolute Gasteiger partial charge is 0.401 e. The number of alkyl halides is 3. The molecule has 1 saturated carbocycles. The van der Waals surface area contributed by atoms with Gasteiger partial charge in [0.2, 0.25) is 5.91 Å². The molecule has 1 N–H and O–H groups in total. The van der Waals surface area contributed by atoms with Crippen molar-refractivity contribution in [2.75, 3.05) is 26.2 Å². The summed E-state index contributed by atoms with van der Waals surface area (Å²) in [4.78, 5) is 14.1. The minimum Gasteiger partial charge on any atom is -0.355 e. The van der Waals surface area contributed by atoms with Crippen LogP contribution in [0.2, 0.25) is 0 Å². The van der Waals surface area contributed by atoms with Crippen molar-refractivity contribution in [2.45, 2.75) is 44.7 Å². The van der Waals surface area contributed by atoms with Crippen molar-refractivity contribution in [3.63, 3.8) is 0 Å². The molecule has 1 aliphatic carbocycles. The molecule has 1 amide bonds. The van der Waals surface area contributed by atoms with Crippen LogP contribution in [-0.2, 0) is 10.2 Å². The number of benzene rings is 1. The van der Waals surface area contributed by atoms with Gasteiger partial charge in [-0.05, 0) is 51.1 Å². The van der Waals surface area contributed by atoms with Crippen LogP contribution in [0.4, 0.5) is 13.2 Å². The molecule has 3 nitrogen and oxygen atoms in total. The molecule has 0 unspecified atom stereocenters. The van der Waals surface area contributed by atoms with Crippen molar-refractivity contribution < 1.29 is 18.0 Å². The highest BCUT2D eigenvalue weighted by atomic mass is 19.4. The summed E-state index contributed by atoms with van der Waals surface area (Å²) in [6, 6.07) is 6.23. The molecule has 3 rings (SSSR count). The first-order valence-corrected chi connectivity index (χ1v) is 8.84. The highest BCUT2D eigenvalue weighted by Crippen LogP contribution is 2.48. The van der Waals surface area contributed by atoms with Crippen LogP contribution < -0.4 is 5.32 Å². The summed E-state index contributed by atoms with van der Waals surface area (Å²) < 4.78 is 37.4. The molecule has 0 bridgehead atoms. The van der Waals surface area contributed by atoms with Gasteiger partial charge < -0.3 is 5.32 Å². The summed E-state index contributed by atoms with van der Waals surface area (Å²) in [7, 11) is 0. The first kappa shape index (κ1) is 18.2. The first-order chi connectivity index (χ1) is 11.7. The maximum atomic E-state index is 12.7. The van der Waals surface area contributed by atoms with Crippen molar-refractivity contribution >= 4 is 5.91 Å². The Morgan fingerprint density at radius 2 is 1.88 bits per heavy atom. The van der Waals surface area contributed by atoms with Gasteiger partial charge in [-0.15, -0.1) is 0 Å².